The van der Waals surface area contributed by atoms with E-state index >= 15 is 0 Å². The van der Waals surface area contributed by atoms with E-state index in [0.29, 0.717) is 0 Å². The van der Waals surface area contributed by atoms with Crippen molar-refractivity contribution in [3.05, 3.63) is 242 Å². The van der Waals surface area contributed by atoms with Crippen LogP contribution in [0.2, 0.25) is 0 Å². The molecule has 2 aliphatic heterocycles. The Hall–Kier alpha value is -8.97. The van der Waals surface area contributed by atoms with Gasteiger partial charge >= 0.3 is 0 Å². The molecule has 0 saturated heterocycles. The van der Waals surface area contributed by atoms with Crippen LogP contribution in [0.3, 0.4) is 0 Å². The standard InChI is InChI=1S/C74H56BN3OS/c1-5-6-19-50-40-59-56-26-15-18-29-69(56)79-70(59)45-66(50)78-67-43-52(76-62-27-16-13-24-54(62)57-38-48(30-36-64(57)76)46-20-9-7-10-21-46)32-34-60(67)75-61-35-33-53(44-71(61)80-72-42-51(74(2,3)4)41-68(78)73(72)75)77-63-28-17-14-25-55(63)58-39-49(31-37-65(58)77)47-22-11-8-12-23-47/h7-18,20-45H,5-6,19H2,1-4H3. The summed E-state index contributed by atoms with van der Waals surface area (Å²) in [5.41, 5.74) is 23.9. The van der Waals surface area contributed by atoms with Gasteiger partial charge < -0.3 is 18.5 Å². The van der Waals surface area contributed by atoms with Crippen molar-refractivity contribution in [2.45, 2.75) is 62.2 Å². The smallest absolute Gasteiger partial charge is 0.249 e. The molecular formula is C74H56BN3OS. The Bertz CT molecular complexity index is 4850. The predicted molar refractivity (Wildman–Crippen MR) is 340 cm³/mol. The van der Waals surface area contributed by atoms with Crippen LogP contribution in [0.4, 0.5) is 17.1 Å². The van der Waals surface area contributed by atoms with E-state index in [1.165, 1.54) is 131 Å². The zero-order valence-corrected chi connectivity index (χ0v) is 46.1. The monoisotopic (exact) mass is 1050 g/mol. The molecule has 0 fully saturated rings. The molecule has 382 valence electrons. The first-order valence-corrected chi connectivity index (χ1v) is 29.1. The van der Waals surface area contributed by atoms with E-state index in [1.54, 1.807) is 0 Å². The van der Waals surface area contributed by atoms with E-state index < -0.39 is 0 Å². The van der Waals surface area contributed by atoms with Gasteiger partial charge in [-0.3, -0.25) is 0 Å². The second-order valence-electron chi connectivity index (χ2n) is 23.1. The Labute approximate surface area is 470 Å². The molecule has 0 spiro atoms. The number of hydrogen-bond donors (Lipinski definition) is 0. The first kappa shape index (κ1) is 47.1. The summed E-state index contributed by atoms with van der Waals surface area (Å²) in [5.74, 6) is 0. The fourth-order valence-electron chi connectivity index (χ4n) is 13.4. The summed E-state index contributed by atoms with van der Waals surface area (Å²) < 4.78 is 11.8. The van der Waals surface area contributed by atoms with Gasteiger partial charge in [-0.15, -0.1) is 0 Å². The summed E-state index contributed by atoms with van der Waals surface area (Å²) in [4.78, 5) is 5.24. The number of rotatable bonds is 8. The SMILES string of the molecule is CCCCc1cc2c(cc1N1c3cc(-n4c5ccccc5c5cc(-c6ccccc6)ccc54)ccc3B3c4ccc(-n5c6ccccc6c6cc(-c7ccccc7)ccc65)cc4Sc4cc(C(C)(C)C)cc1c43)oc1ccccc12. The second-order valence-corrected chi connectivity index (χ2v) is 24.2. The molecule has 11 aromatic carbocycles. The van der Waals surface area contributed by atoms with Crippen molar-refractivity contribution in [2.24, 2.45) is 0 Å². The van der Waals surface area contributed by atoms with Crippen molar-refractivity contribution in [3.63, 3.8) is 0 Å². The molecule has 2 aliphatic rings. The van der Waals surface area contributed by atoms with Crippen molar-refractivity contribution < 1.29 is 4.42 Å². The summed E-state index contributed by atoms with van der Waals surface area (Å²) in [5, 5.41) is 7.33. The van der Waals surface area contributed by atoms with E-state index in [1.807, 2.05) is 11.8 Å². The second kappa shape index (κ2) is 18.0. The molecule has 3 aromatic heterocycles. The average molecular weight is 1050 g/mol. The Morgan fingerprint density at radius 1 is 0.425 bits per heavy atom. The molecule has 14 aromatic rings. The molecule has 16 rings (SSSR count). The maximum absolute atomic E-state index is 6.83. The summed E-state index contributed by atoms with van der Waals surface area (Å²) in [7, 11) is 0. The third-order valence-corrected chi connectivity index (χ3v) is 18.4. The fraction of sp³-hybridized carbons (Fsp3) is 0.108. The third-order valence-electron chi connectivity index (χ3n) is 17.3. The van der Waals surface area contributed by atoms with Gasteiger partial charge in [0.05, 0.1) is 27.8 Å². The highest BCUT2D eigenvalue weighted by Crippen LogP contribution is 2.48. The molecule has 0 amide bonds. The lowest BCUT2D eigenvalue weighted by Crippen LogP contribution is -2.60. The number of anilines is 3. The van der Waals surface area contributed by atoms with Crippen molar-refractivity contribution in [3.8, 4) is 33.6 Å². The number of unbranched alkanes of at least 4 members (excludes halogenated alkanes) is 1. The molecule has 0 unspecified atom stereocenters. The van der Waals surface area contributed by atoms with Crippen LogP contribution in [0.15, 0.2) is 245 Å². The Kier molecular flexibility index (Phi) is 10.6. The first-order valence-electron chi connectivity index (χ1n) is 28.3. The highest BCUT2D eigenvalue weighted by molar-refractivity contribution is 8.00. The number of hydrogen-bond acceptors (Lipinski definition) is 3. The van der Waals surface area contributed by atoms with E-state index in [4.69, 9.17) is 4.42 Å². The highest BCUT2D eigenvalue weighted by atomic mass is 32.2. The molecule has 0 N–H and O–H groups in total. The molecule has 80 heavy (non-hydrogen) atoms. The Balaban J connectivity index is 0.947. The van der Waals surface area contributed by atoms with Crippen LogP contribution >= 0.6 is 11.8 Å². The van der Waals surface area contributed by atoms with Gasteiger partial charge in [0, 0.05) is 70.9 Å². The van der Waals surface area contributed by atoms with Crippen LogP contribution in [0.1, 0.15) is 51.7 Å². The third kappa shape index (κ3) is 7.24. The minimum Gasteiger partial charge on any atom is -0.456 e. The number of fused-ring (bicyclic) bond motifs is 13. The lowest BCUT2D eigenvalue weighted by Gasteiger charge is -2.42. The molecule has 4 nitrogen and oxygen atoms in total. The van der Waals surface area contributed by atoms with Gasteiger partial charge in [0.1, 0.15) is 11.2 Å². The molecular weight excluding hydrogens is 990 g/mol. The van der Waals surface area contributed by atoms with E-state index in [-0.39, 0.29) is 12.1 Å². The van der Waals surface area contributed by atoms with E-state index in [0.717, 1.165) is 41.5 Å². The van der Waals surface area contributed by atoms with Gasteiger partial charge in [0.25, 0.3) is 0 Å². The summed E-state index contributed by atoms with van der Waals surface area (Å²) in [6.07, 6.45) is 3.13. The number of aromatic nitrogens is 2. The minimum absolute atomic E-state index is 0.0215. The molecule has 5 heterocycles. The molecule has 0 radical (unpaired) electrons. The van der Waals surface area contributed by atoms with Gasteiger partial charge in [0.15, 0.2) is 0 Å². The van der Waals surface area contributed by atoms with Crippen LogP contribution in [0.5, 0.6) is 0 Å². The minimum atomic E-state index is -0.131. The number of aryl methyl sites for hydroxylation is 1. The van der Waals surface area contributed by atoms with Crippen LogP contribution in [-0.4, -0.2) is 15.8 Å². The number of furan rings is 1. The topological polar surface area (TPSA) is 26.2 Å². The largest absolute Gasteiger partial charge is 0.456 e. The zero-order valence-electron chi connectivity index (χ0n) is 45.3. The molecule has 0 bridgehead atoms. The molecule has 0 saturated carbocycles. The van der Waals surface area contributed by atoms with Crippen molar-refractivity contribution in [1.29, 1.82) is 0 Å². The average Bonchev–Trinajstić information content (AvgIpc) is 4.01. The molecule has 0 aliphatic carbocycles. The first-order chi connectivity index (χ1) is 39.3. The summed E-state index contributed by atoms with van der Waals surface area (Å²) >= 11 is 1.94. The van der Waals surface area contributed by atoms with Gasteiger partial charge in [0.2, 0.25) is 6.71 Å². The van der Waals surface area contributed by atoms with E-state index in [9.17, 15) is 0 Å². The normalized spacial score (nSPS) is 13.1. The number of nitrogens with zero attached hydrogens (tertiary/aromatic N) is 3. The Morgan fingerprint density at radius 3 is 1.64 bits per heavy atom. The summed E-state index contributed by atoms with van der Waals surface area (Å²) in [6.45, 7) is 9.37. The van der Waals surface area contributed by atoms with Crippen LogP contribution in [0, 0.1) is 0 Å². The lowest BCUT2D eigenvalue weighted by molar-refractivity contribution is 0.589. The van der Waals surface area contributed by atoms with Crippen molar-refractivity contribution >= 4 is 117 Å². The fourth-order valence-corrected chi connectivity index (χ4v) is 14.6. The molecule has 0 atom stereocenters. The Morgan fingerprint density at radius 2 is 1.00 bits per heavy atom. The van der Waals surface area contributed by atoms with Crippen LogP contribution in [-0.2, 0) is 11.8 Å². The van der Waals surface area contributed by atoms with Crippen molar-refractivity contribution in [2.75, 3.05) is 4.90 Å². The number of para-hydroxylation sites is 3. The summed E-state index contributed by atoms with van der Waals surface area (Å²) in [6, 6.07) is 86.4. The quantitative estimate of drug-likeness (QED) is 0.142. The molecule has 6 heteroatoms. The van der Waals surface area contributed by atoms with Gasteiger partial charge in [-0.05, 0) is 147 Å². The predicted octanol–water partition coefficient (Wildman–Crippen LogP) is 18.5. The van der Waals surface area contributed by atoms with Gasteiger partial charge in [-0.1, -0.05) is 191 Å². The van der Waals surface area contributed by atoms with Crippen molar-refractivity contribution in [1.82, 2.24) is 9.13 Å². The highest BCUT2D eigenvalue weighted by Gasteiger charge is 2.43. The van der Waals surface area contributed by atoms with Crippen LogP contribution in [0.25, 0.3) is 99.2 Å². The lowest BCUT2D eigenvalue weighted by atomic mass is 9.34. The van der Waals surface area contributed by atoms with Gasteiger partial charge in [-0.25, -0.2) is 0 Å². The number of benzene rings is 11. The maximum Gasteiger partial charge on any atom is 0.249 e. The van der Waals surface area contributed by atoms with Gasteiger partial charge in [-0.2, -0.15) is 0 Å². The van der Waals surface area contributed by atoms with E-state index in [2.05, 4.69) is 272 Å². The maximum atomic E-state index is 6.83. The van der Waals surface area contributed by atoms with Crippen LogP contribution < -0.4 is 21.3 Å². The zero-order chi connectivity index (χ0) is 53.4.